The molecule has 0 amide bonds. The van der Waals surface area contributed by atoms with Crippen molar-refractivity contribution in [1.82, 2.24) is 0 Å². The van der Waals surface area contributed by atoms with Gasteiger partial charge in [-0.3, -0.25) is 0 Å². The van der Waals surface area contributed by atoms with Crippen molar-refractivity contribution < 1.29 is 19.1 Å². The maximum Gasteiger partial charge on any atom is 0.339 e. The lowest BCUT2D eigenvalue weighted by Crippen LogP contribution is -2.07. The van der Waals surface area contributed by atoms with Crippen LogP contribution in [0.2, 0.25) is 0 Å². The summed E-state index contributed by atoms with van der Waals surface area (Å²) in [6.45, 7) is 5.80. The van der Waals surface area contributed by atoms with Gasteiger partial charge in [-0.15, -0.1) is 0 Å². The van der Waals surface area contributed by atoms with Crippen molar-refractivity contribution >= 4 is 16.9 Å². The van der Waals surface area contributed by atoms with Crippen molar-refractivity contribution in [1.29, 1.82) is 0 Å². The van der Waals surface area contributed by atoms with Crippen LogP contribution in [0, 0.1) is 20.8 Å². The van der Waals surface area contributed by atoms with Gasteiger partial charge in [0.15, 0.2) is 0 Å². The fourth-order valence-corrected chi connectivity index (χ4v) is 2.69. The Morgan fingerprint density at radius 1 is 1.00 bits per heavy atom. The average molecular weight is 338 g/mol. The van der Waals surface area contributed by atoms with Gasteiger partial charge in [-0.25, -0.2) is 9.59 Å². The smallest absolute Gasteiger partial charge is 0.339 e. The number of carbonyl (C=O) groups is 1. The molecule has 0 saturated heterocycles. The van der Waals surface area contributed by atoms with Gasteiger partial charge in [0.05, 0.1) is 5.56 Å². The third-order valence-electron chi connectivity index (χ3n) is 4.42. The highest BCUT2D eigenvalue weighted by molar-refractivity contribution is 5.87. The summed E-state index contributed by atoms with van der Waals surface area (Å²) in [6.07, 6.45) is 0. The molecule has 0 aliphatic carbocycles. The number of benzene rings is 2. The van der Waals surface area contributed by atoms with Gasteiger partial charge < -0.3 is 14.3 Å². The molecule has 1 N–H and O–H groups in total. The lowest BCUT2D eigenvalue weighted by Gasteiger charge is -2.12. The van der Waals surface area contributed by atoms with Crippen molar-refractivity contribution in [3.8, 4) is 5.75 Å². The molecule has 0 unspecified atom stereocenters. The topological polar surface area (TPSA) is 76.7 Å². The van der Waals surface area contributed by atoms with E-state index in [9.17, 15) is 9.59 Å². The van der Waals surface area contributed by atoms with E-state index >= 15 is 0 Å². The number of hydrogen-bond acceptors (Lipinski definition) is 4. The molecule has 0 aliphatic rings. The van der Waals surface area contributed by atoms with Crippen LogP contribution in [-0.2, 0) is 6.61 Å². The van der Waals surface area contributed by atoms with Crippen LogP contribution < -0.4 is 10.4 Å². The minimum absolute atomic E-state index is 0.234. The molecule has 5 nitrogen and oxygen atoms in total. The van der Waals surface area contributed by atoms with Crippen molar-refractivity contribution in [2.75, 3.05) is 0 Å². The summed E-state index contributed by atoms with van der Waals surface area (Å²) in [6, 6.07) is 10.3. The van der Waals surface area contributed by atoms with Crippen LogP contribution in [0.3, 0.4) is 0 Å². The predicted octanol–water partition coefficient (Wildman–Crippen LogP) is 4.00. The Balaban J connectivity index is 1.89. The Morgan fingerprint density at radius 2 is 1.68 bits per heavy atom. The Labute approximate surface area is 144 Å². The Bertz CT molecular complexity index is 1010. The molecule has 0 atom stereocenters. The van der Waals surface area contributed by atoms with Crippen LogP contribution in [0.15, 0.2) is 45.6 Å². The van der Waals surface area contributed by atoms with E-state index in [2.05, 4.69) is 0 Å². The Morgan fingerprint density at radius 3 is 2.32 bits per heavy atom. The van der Waals surface area contributed by atoms with E-state index in [1.165, 1.54) is 0 Å². The van der Waals surface area contributed by atoms with Crippen LogP contribution in [0.5, 0.6) is 5.75 Å². The van der Waals surface area contributed by atoms with E-state index in [0.717, 1.165) is 22.1 Å². The Hall–Kier alpha value is -3.08. The zero-order valence-electron chi connectivity index (χ0n) is 14.3. The van der Waals surface area contributed by atoms with Crippen molar-refractivity contribution in [2.45, 2.75) is 27.4 Å². The number of fused-ring (bicyclic) bond motifs is 1. The van der Waals surface area contributed by atoms with Gasteiger partial charge in [0.2, 0.25) is 0 Å². The molecule has 1 aromatic heterocycles. The van der Waals surface area contributed by atoms with Crippen molar-refractivity contribution in [3.63, 3.8) is 0 Å². The van der Waals surface area contributed by atoms with Gasteiger partial charge in [0.1, 0.15) is 17.9 Å². The van der Waals surface area contributed by atoms with E-state index in [1.807, 2.05) is 26.0 Å². The molecule has 3 aromatic rings. The van der Waals surface area contributed by atoms with Crippen LogP contribution >= 0.6 is 0 Å². The monoisotopic (exact) mass is 338 g/mol. The van der Waals surface area contributed by atoms with Gasteiger partial charge >= 0.3 is 11.6 Å². The van der Waals surface area contributed by atoms with E-state index in [-0.39, 0.29) is 11.2 Å². The number of ether oxygens (including phenoxy) is 1. The summed E-state index contributed by atoms with van der Waals surface area (Å²) in [5, 5.41) is 9.81. The van der Waals surface area contributed by atoms with Gasteiger partial charge in [-0.05, 0) is 56.2 Å². The molecule has 0 radical (unpaired) electrons. The predicted molar refractivity (Wildman–Crippen MR) is 94.4 cm³/mol. The summed E-state index contributed by atoms with van der Waals surface area (Å²) in [5.74, 6) is -0.334. The summed E-state index contributed by atoms with van der Waals surface area (Å²) in [5.41, 5.74) is 3.56. The van der Waals surface area contributed by atoms with Gasteiger partial charge in [-0.1, -0.05) is 12.1 Å². The molecular formula is C20H18O5. The first kappa shape index (κ1) is 16.8. The average Bonchev–Trinajstić information content (AvgIpc) is 2.60. The standard InChI is InChI=1S/C20H18O5/c1-11-12(2)20(23)25-18-13(3)17(9-8-16(11)18)24-10-14-4-6-15(7-5-14)19(21)22/h4-9H,10H2,1-3H3,(H,21,22). The molecule has 5 heteroatoms. The first-order valence-electron chi connectivity index (χ1n) is 7.87. The summed E-state index contributed by atoms with van der Waals surface area (Å²) in [4.78, 5) is 22.8. The second kappa shape index (κ2) is 6.43. The quantitative estimate of drug-likeness (QED) is 0.728. The molecule has 25 heavy (non-hydrogen) atoms. The zero-order chi connectivity index (χ0) is 18.1. The number of aryl methyl sites for hydroxylation is 2. The third-order valence-corrected chi connectivity index (χ3v) is 4.42. The Kier molecular flexibility index (Phi) is 4.31. The van der Waals surface area contributed by atoms with Crippen molar-refractivity contribution in [2.24, 2.45) is 0 Å². The largest absolute Gasteiger partial charge is 0.488 e. The number of rotatable bonds is 4. The third kappa shape index (κ3) is 3.13. The molecule has 1 heterocycles. The molecule has 0 aliphatic heterocycles. The van der Waals surface area contributed by atoms with E-state index in [1.54, 1.807) is 31.2 Å². The lowest BCUT2D eigenvalue weighted by molar-refractivity contribution is 0.0697. The number of hydrogen-bond donors (Lipinski definition) is 1. The maximum absolute atomic E-state index is 11.9. The van der Waals surface area contributed by atoms with Crippen LogP contribution in [-0.4, -0.2) is 11.1 Å². The highest BCUT2D eigenvalue weighted by Gasteiger charge is 2.13. The van der Waals surface area contributed by atoms with Crippen LogP contribution in [0.25, 0.3) is 11.0 Å². The van der Waals surface area contributed by atoms with E-state index < -0.39 is 5.97 Å². The minimum Gasteiger partial charge on any atom is -0.488 e. The minimum atomic E-state index is -0.960. The highest BCUT2D eigenvalue weighted by Crippen LogP contribution is 2.29. The normalized spacial score (nSPS) is 10.8. The molecule has 2 aromatic carbocycles. The molecular weight excluding hydrogens is 320 g/mol. The van der Waals surface area contributed by atoms with E-state index in [4.69, 9.17) is 14.3 Å². The maximum atomic E-state index is 11.9. The molecule has 128 valence electrons. The molecule has 0 saturated carbocycles. The van der Waals surface area contributed by atoms with Gasteiger partial charge in [0, 0.05) is 16.5 Å². The number of carboxylic acid groups (broad SMARTS) is 1. The summed E-state index contributed by atoms with van der Waals surface area (Å²) in [7, 11) is 0. The number of aromatic carboxylic acids is 1. The molecule has 3 rings (SSSR count). The highest BCUT2D eigenvalue weighted by atomic mass is 16.5. The van der Waals surface area contributed by atoms with Crippen LogP contribution in [0.1, 0.15) is 32.6 Å². The SMILES string of the molecule is Cc1c(C)c2ccc(OCc3ccc(C(=O)O)cc3)c(C)c2oc1=O. The first-order valence-corrected chi connectivity index (χ1v) is 7.87. The van der Waals surface area contributed by atoms with Gasteiger partial charge in [-0.2, -0.15) is 0 Å². The fraction of sp³-hybridized carbons (Fsp3) is 0.200. The molecule has 0 bridgehead atoms. The molecule has 0 fully saturated rings. The summed E-state index contributed by atoms with van der Waals surface area (Å²) < 4.78 is 11.3. The van der Waals surface area contributed by atoms with Crippen LogP contribution in [0.4, 0.5) is 0 Å². The lowest BCUT2D eigenvalue weighted by atomic mass is 10.0. The van der Waals surface area contributed by atoms with Crippen molar-refractivity contribution in [3.05, 3.63) is 74.6 Å². The zero-order valence-corrected chi connectivity index (χ0v) is 14.3. The first-order chi connectivity index (χ1) is 11.9. The molecule has 0 spiro atoms. The fourth-order valence-electron chi connectivity index (χ4n) is 2.69. The second-order valence-electron chi connectivity index (χ2n) is 6.00. The number of carboxylic acids is 1. The van der Waals surface area contributed by atoms with E-state index in [0.29, 0.717) is 23.5 Å². The van der Waals surface area contributed by atoms with Gasteiger partial charge in [0.25, 0.3) is 0 Å². The second-order valence-corrected chi connectivity index (χ2v) is 6.00. The summed E-state index contributed by atoms with van der Waals surface area (Å²) >= 11 is 0.